The number of halogens is 1. The number of rotatable bonds is 7. The second kappa shape index (κ2) is 17.7. The number of hydrogen-bond donors (Lipinski definition) is 0. The molecule has 2 aromatic carbocycles. The molecule has 0 bridgehead atoms. The van der Waals surface area contributed by atoms with Gasteiger partial charge in [0.05, 0.1) is 0 Å². The van der Waals surface area contributed by atoms with Crippen LogP contribution in [0.5, 0.6) is 0 Å². The minimum atomic E-state index is -0.0978. The molecule has 0 saturated heterocycles. The molecule has 0 saturated carbocycles. The van der Waals surface area contributed by atoms with Crippen molar-refractivity contribution in [2.45, 2.75) is 75.2 Å². The number of nitrogens with zero attached hydrogens (tertiary/aromatic N) is 1. The highest BCUT2D eigenvalue weighted by Gasteiger charge is 2.10. The molecule has 3 aromatic rings. The zero-order valence-electron chi connectivity index (χ0n) is 25.9. The highest BCUT2D eigenvalue weighted by atomic mass is 19.1. The predicted octanol–water partition coefficient (Wildman–Crippen LogP) is 10.1. The standard InChI is InChI=1S/C18H21N.C10H14O.C9H11F/c1-5-15-8-6-9-16(12-15)18(13(2)3)17-10-7-11-19-14(17)4;1-5-6-7-10(8(2)3)9(4)11;1-3-8-5-4-7(2)9(10)6-8/h6-12H,5H2,1-4H3;5-7H,2H2,1,3-4H3;4-6H,3H2,1-2H3/b;6-5-,10-7-;. The fourth-order valence-corrected chi connectivity index (χ4v) is 4.02. The lowest BCUT2D eigenvalue weighted by Crippen LogP contribution is -1.96. The molecule has 3 rings (SSSR count). The highest BCUT2D eigenvalue weighted by molar-refractivity contribution is 5.97. The summed E-state index contributed by atoms with van der Waals surface area (Å²) in [6.07, 6.45) is 9.32. The molecule has 0 atom stereocenters. The molecule has 0 radical (unpaired) electrons. The lowest BCUT2D eigenvalue weighted by Gasteiger charge is -2.14. The van der Waals surface area contributed by atoms with Crippen molar-refractivity contribution >= 4 is 11.4 Å². The van der Waals surface area contributed by atoms with Gasteiger partial charge < -0.3 is 0 Å². The molecular formula is C37H46FNO. The zero-order valence-corrected chi connectivity index (χ0v) is 25.9. The number of allylic oxidation sites excluding steroid dienone is 6. The number of aryl methyl sites for hydroxylation is 4. The maximum absolute atomic E-state index is 12.8. The van der Waals surface area contributed by atoms with Gasteiger partial charge in [-0.1, -0.05) is 86.7 Å². The summed E-state index contributed by atoms with van der Waals surface area (Å²) in [5.41, 5.74) is 10.9. The number of Topliss-reactive ketones (excluding diaryl/α,β-unsaturated/α-hetero) is 1. The Labute approximate surface area is 242 Å². The van der Waals surface area contributed by atoms with Crippen molar-refractivity contribution in [1.29, 1.82) is 0 Å². The second-order valence-electron chi connectivity index (χ2n) is 9.95. The van der Waals surface area contributed by atoms with Gasteiger partial charge in [-0.05, 0) is 107 Å². The Morgan fingerprint density at radius 3 is 2.08 bits per heavy atom. The molecule has 1 heterocycles. The SMILES string of the molecule is C=C(C)/C(=C/C=C\C)C(C)=O.CCc1ccc(C)c(F)c1.CCc1cccc(C(=C(C)C)c2cccnc2C)c1. The molecule has 0 aliphatic heterocycles. The van der Waals surface area contributed by atoms with E-state index in [1.807, 2.05) is 57.3 Å². The van der Waals surface area contributed by atoms with Gasteiger partial charge in [-0.3, -0.25) is 9.78 Å². The third kappa shape index (κ3) is 11.1. The molecule has 0 N–H and O–H groups in total. The monoisotopic (exact) mass is 539 g/mol. The molecule has 212 valence electrons. The summed E-state index contributed by atoms with van der Waals surface area (Å²) < 4.78 is 12.8. The van der Waals surface area contributed by atoms with Crippen molar-refractivity contribution in [2.75, 3.05) is 0 Å². The van der Waals surface area contributed by atoms with Crippen LogP contribution < -0.4 is 0 Å². The first-order chi connectivity index (χ1) is 19.0. The summed E-state index contributed by atoms with van der Waals surface area (Å²) in [5.74, 6) is -0.0325. The fraction of sp³-hybridized carbons (Fsp3) is 0.297. The Hall–Kier alpha value is -3.85. The normalized spacial score (nSPS) is 10.7. The van der Waals surface area contributed by atoms with Crippen LogP contribution in [0.3, 0.4) is 0 Å². The average molecular weight is 540 g/mol. The number of benzene rings is 2. The molecule has 1 aromatic heterocycles. The van der Waals surface area contributed by atoms with Gasteiger partial charge in [-0.2, -0.15) is 0 Å². The van der Waals surface area contributed by atoms with E-state index in [9.17, 15) is 9.18 Å². The minimum Gasteiger partial charge on any atom is -0.295 e. The van der Waals surface area contributed by atoms with Crippen LogP contribution in [0.1, 0.15) is 82.0 Å². The van der Waals surface area contributed by atoms with E-state index in [0.717, 1.165) is 35.2 Å². The smallest absolute Gasteiger partial charge is 0.160 e. The molecule has 2 nitrogen and oxygen atoms in total. The summed E-state index contributed by atoms with van der Waals surface area (Å²) in [4.78, 5) is 15.3. The first-order valence-electron chi connectivity index (χ1n) is 13.9. The largest absolute Gasteiger partial charge is 0.295 e. The maximum atomic E-state index is 12.8. The van der Waals surface area contributed by atoms with Crippen LogP contribution in [0, 0.1) is 19.7 Å². The molecule has 3 heteroatoms. The Kier molecular flexibility index (Phi) is 15.1. The van der Waals surface area contributed by atoms with Gasteiger partial charge in [-0.15, -0.1) is 0 Å². The number of aromatic nitrogens is 1. The highest BCUT2D eigenvalue weighted by Crippen LogP contribution is 2.29. The van der Waals surface area contributed by atoms with Crippen molar-refractivity contribution < 1.29 is 9.18 Å². The van der Waals surface area contributed by atoms with Crippen molar-refractivity contribution in [3.05, 3.63) is 142 Å². The first kappa shape index (κ1) is 34.2. The van der Waals surface area contributed by atoms with Gasteiger partial charge in [0.2, 0.25) is 0 Å². The number of carbonyl (C=O) groups is 1. The second-order valence-corrected chi connectivity index (χ2v) is 9.95. The van der Waals surface area contributed by atoms with E-state index in [1.54, 1.807) is 26.0 Å². The number of ketones is 1. The van der Waals surface area contributed by atoms with Gasteiger partial charge in [-0.25, -0.2) is 4.39 Å². The lowest BCUT2D eigenvalue weighted by molar-refractivity contribution is -0.113. The van der Waals surface area contributed by atoms with E-state index in [1.165, 1.54) is 27.8 Å². The van der Waals surface area contributed by atoms with Crippen LogP contribution in [0.15, 0.2) is 102 Å². The molecular weight excluding hydrogens is 493 g/mol. The molecule has 0 aliphatic rings. The Morgan fingerprint density at radius 1 is 0.925 bits per heavy atom. The van der Waals surface area contributed by atoms with Crippen LogP contribution in [0.4, 0.5) is 4.39 Å². The summed E-state index contributed by atoms with van der Waals surface area (Å²) >= 11 is 0. The van der Waals surface area contributed by atoms with Gasteiger partial charge >= 0.3 is 0 Å². The van der Waals surface area contributed by atoms with Gasteiger partial charge in [0, 0.05) is 23.0 Å². The van der Waals surface area contributed by atoms with Crippen LogP contribution in [-0.2, 0) is 17.6 Å². The van der Waals surface area contributed by atoms with E-state index in [-0.39, 0.29) is 11.6 Å². The average Bonchev–Trinajstić information content (AvgIpc) is 2.92. The fourth-order valence-electron chi connectivity index (χ4n) is 4.02. The van der Waals surface area contributed by atoms with Crippen LogP contribution >= 0.6 is 0 Å². The molecule has 0 amide bonds. The van der Waals surface area contributed by atoms with Crippen molar-refractivity contribution in [1.82, 2.24) is 4.98 Å². The molecule has 0 aliphatic carbocycles. The number of pyridine rings is 1. The molecule has 0 unspecified atom stereocenters. The summed E-state index contributed by atoms with van der Waals surface area (Å²) in [7, 11) is 0. The van der Waals surface area contributed by atoms with E-state index >= 15 is 0 Å². The van der Waals surface area contributed by atoms with Gasteiger partial charge in [0.1, 0.15) is 5.82 Å². The molecule has 0 fully saturated rings. The van der Waals surface area contributed by atoms with Crippen LogP contribution in [0.25, 0.3) is 5.57 Å². The van der Waals surface area contributed by atoms with Crippen LogP contribution in [0.2, 0.25) is 0 Å². The molecule has 40 heavy (non-hydrogen) atoms. The third-order valence-electron chi connectivity index (χ3n) is 6.34. The topological polar surface area (TPSA) is 30.0 Å². The van der Waals surface area contributed by atoms with Crippen molar-refractivity contribution in [3.8, 4) is 0 Å². The maximum Gasteiger partial charge on any atom is 0.160 e. The predicted molar refractivity (Wildman–Crippen MR) is 171 cm³/mol. The van der Waals surface area contributed by atoms with E-state index in [4.69, 9.17) is 0 Å². The Balaban J connectivity index is 0.000000326. The van der Waals surface area contributed by atoms with Crippen molar-refractivity contribution in [3.63, 3.8) is 0 Å². The Bertz CT molecular complexity index is 1350. The summed E-state index contributed by atoms with van der Waals surface area (Å²) in [5, 5.41) is 0. The van der Waals surface area contributed by atoms with Gasteiger partial charge in [0.15, 0.2) is 5.78 Å². The van der Waals surface area contributed by atoms with E-state index < -0.39 is 0 Å². The summed E-state index contributed by atoms with van der Waals surface area (Å²) in [6, 6.07) is 18.3. The van der Waals surface area contributed by atoms with E-state index in [2.05, 4.69) is 69.6 Å². The quantitative estimate of drug-likeness (QED) is 0.221. The van der Waals surface area contributed by atoms with Gasteiger partial charge in [0.25, 0.3) is 0 Å². The number of carbonyl (C=O) groups excluding carboxylic acids is 1. The Morgan fingerprint density at radius 2 is 1.57 bits per heavy atom. The van der Waals surface area contributed by atoms with E-state index in [0.29, 0.717) is 5.57 Å². The van der Waals surface area contributed by atoms with Crippen LogP contribution in [-0.4, -0.2) is 10.8 Å². The number of hydrogen-bond acceptors (Lipinski definition) is 2. The zero-order chi connectivity index (χ0) is 30.2. The summed E-state index contributed by atoms with van der Waals surface area (Å²) in [6.45, 7) is 21.4. The third-order valence-corrected chi connectivity index (χ3v) is 6.34. The lowest BCUT2D eigenvalue weighted by atomic mass is 9.92. The minimum absolute atomic E-state index is 0.0654. The molecule has 0 spiro atoms. The first-order valence-corrected chi connectivity index (χ1v) is 13.9. The van der Waals surface area contributed by atoms with Crippen molar-refractivity contribution in [2.24, 2.45) is 0 Å².